The Hall–Kier alpha value is -2.87. The van der Waals surface area contributed by atoms with Crippen molar-refractivity contribution in [2.24, 2.45) is 0 Å². The standard InChI is InChI=1S/C27H37N3O4S/c1-4-22-15-9-12-18-25(22)30(35(3,33)34)20-26(31)29(19-21-13-7-6-8-14-21)24(5-2)27(32)28-23-16-10-11-17-23/h6-9,12-15,18,23-24H,4-5,10-11,16-17,19-20H2,1-3H3,(H,28,32)/t24-/m0/s1. The van der Waals surface area contributed by atoms with Crippen LogP contribution >= 0.6 is 0 Å². The van der Waals surface area contributed by atoms with E-state index in [-0.39, 0.29) is 25.0 Å². The van der Waals surface area contributed by atoms with Gasteiger partial charge < -0.3 is 10.2 Å². The van der Waals surface area contributed by atoms with Crippen molar-refractivity contribution in [3.63, 3.8) is 0 Å². The molecule has 7 nitrogen and oxygen atoms in total. The molecule has 1 fully saturated rings. The molecule has 0 aromatic heterocycles. The number of nitrogens with one attached hydrogen (secondary N) is 1. The number of sulfonamides is 1. The number of rotatable bonds is 11. The fourth-order valence-electron chi connectivity index (χ4n) is 4.72. The molecule has 1 N–H and O–H groups in total. The molecule has 3 rings (SSSR count). The van der Waals surface area contributed by atoms with Gasteiger partial charge in [-0.3, -0.25) is 13.9 Å². The highest BCUT2D eigenvalue weighted by atomic mass is 32.2. The van der Waals surface area contributed by atoms with Crippen LogP contribution in [0.4, 0.5) is 5.69 Å². The maximum Gasteiger partial charge on any atom is 0.244 e. The summed E-state index contributed by atoms with van der Waals surface area (Å²) in [7, 11) is -3.74. The van der Waals surface area contributed by atoms with E-state index in [2.05, 4.69) is 5.32 Å². The van der Waals surface area contributed by atoms with Gasteiger partial charge in [0, 0.05) is 12.6 Å². The van der Waals surface area contributed by atoms with Crippen molar-refractivity contribution >= 4 is 27.5 Å². The maximum absolute atomic E-state index is 13.8. The smallest absolute Gasteiger partial charge is 0.244 e. The van der Waals surface area contributed by atoms with E-state index >= 15 is 0 Å². The second-order valence-electron chi connectivity index (χ2n) is 9.17. The van der Waals surface area contributed by atoms with E-state index < -0.39 is 22.0 Å². The molecular formula is C27H37N3O4S. The predicted molar refractivity (Wildman–Crippen MR) is 139 cm³/mol. The third kappa shape index (κ3) is 7.07. The third-order valence-electron chi connectivity index (χ3n) is 6.60. The van der Waals surface area contributed by atoms with Gasteiger partial charge >= 0.3 is 0 Å². The van der Waals surface area contributed by atoms with Crippen molar-refractivity contribution in [2.75, 3.05) is 17.1 Å². The first kappa shape index (κ1) is 26.7. The number of amides is 2. The van der Waals surface area contributed by atoms with Crippen LogP contribution in [0, 0.1) is 0 Å². The number of anilines is 1. The van der Waals surface area contributed by atoms with Crippen molar-refractivity contribution in [1.29, 1.82) is 0 Å². The minimum absolute atomic E-state index is 0.133. The molecule has 1 aliphatic rings. The largest absolute Gasteiger partial charge is 0.352 e. The number of aryl methyl sites for hydroxylation is 1. The summed E-state index contributed by atoms with van der Waals surface area (Å²) in [6.45, 7) is 3.69. The lowest BCUT2D eigenvalue weighted by Crippen LogP contribution is -2.53. The molecule has 1 atom stereocenters. The maximum atomic E-state index is 13.8. The molecule has 0 spiro atoms. The molecule has 0 unspecified atom stereocenters. The summed E-state index contributed by atoms with van der Waals surface area (Å²) in [5.74, 6) is -0.581. The quantitative estimate of drug-likeness (QED) is 0.508. The Kier molecular flexibility index (Phi) is 9.32. The van der Waals surface area contributed by atoms with E-state index in [9.17, 15) is 18.0 Å². The van der Waals surface area contributed by atoms with Gasteiger partial charge in [0.1, 0.15) is 12.6 Å². The Morgan fingerprint density at radius 1 is 1.00 bits per heavy atom. The number of benzene rings is 2. The summed E-state index contributed by atoms with van der Waals surface area (Å²) in [6, 6.07) is 16.1. The summed E-state index contributed by atoms with van der Waals surface area (Å²) < 4.78 is 26.8. The van der Waals surface area contributed by atoms with E-state index in [4.69, 9.17) is 0 Å². The van der Waals surface area contributed by atoms with E-state index in [0.29, 0.717) is 18.5 Å². The zero-order chi connectivity index (χ0) is 25.4. The van der Waals surface area contributed by atoms with Crippen LogP contribution in [0.1, 0.15) is 57.1 Å². The minimum Gasteiger partial charge on any atom is -0.352 e. The van der Waals surface area contributed by atoms with Crippen molar-refractivity contribution in [1.82, 2.24) is 10.2 Å². The van der Waals surface area contributed by atoms with Crippen LogP contribution in [0.3, 0.4) is 0 Å². The van der Waals surface area contributed by atoms with Crippen LogP contribution < -0.4 is 9.62 Å². The van der Waals surface area contributed by atoms with E-state index in [1.54, 1.807) is 12.1 Å². The molecule has 2 amide bonds. The molecule has 8 heteroatoms. The molecule has 0 radical (unpaired) electrons. The van der Waals surface area contributed by atoms with Crippen LogP contribution in [0.5, 0.6) is 0 Å². The van der Waals surface area contributed by atoms with Crippen molar-refractivity contribution in [2.45, 2.75) is 71.0 Å². The summed E-state index contributed by atoms with van der Waals surface area (Å²) in [6.07, 6.45) is 6.25. The molecule has 35 heavy (non-hydrogen) atoms. The number of hydrogen-bond acceptors (Lipinski definition) is 4. The second kappa shape index (κ2) is 12.2. The molecule has 2 aromatic rings. The summed E-state index contributed by atoms with van der Waals surface area (Å²) >= 11 is 0. The lowest BCUT2D eigenvalue weighted by atomic mass is 10.1. The second-order valence-corrected chi connectivity index (χ2v) is 11.1. The van der Waals surface area contributed by atoms with E-state index in [1.165, 1.54) is 4.90 Å². The first-order valence-corrected chi connectivity index (χ1v) is 14.3. The predicted octanol–water partition coefficient (Wildman–Crippen LogP) is 3.88. The van der Waals surface area contributed by atoms with Crippen LogP contribution in [-0.4, -0.2) is 50.0 Å². The molecule has 0 aliphatic heterocycles. The molecule has 2 aromatic carbocycles. The summed E-state index contributed by atoms with van der Waals surface area (Å²) in [5.41, 5.74) is 2.22. The van der Waals surface area contributed by atoms with Gasteiger partial charge in [-0.2, -0.15) is 0 Å². The van der Waals surface area contributed by atoms with Gasteiger partial charge in [0.05, 0.1) is 11.9 Å². The molecule has 1 aliphatic carbocycles. The van der Waals surface area contributed by atoms with Gasteiger partial charge in [-0.15, -0.1) is 0 Å². The first-order valence-electron chi connectivity index (χ1n) is 12.4. The Bertz CT molecular complexity index is 1100. The van der Waals surface area contributed by atoms with Gasteiger partial charge in [0.15, 0.2) is 0 Å². The fraction of sp³-hybridized carbons (Fsp3) is 0.481. The fourth-order valence-corrected chi connectivity index (χ4v) is 5.60. The summed E-state index contributed by atoms with van der Waals surface area (Å²) in [5, 5.41) is 3.12. The Labute approximate surface area is 209 Å². The number of carbonyl (C=O) groups is 2. The van der Waals surface area contributed by atoms with Crippen LogP contribution in [0.25, 0.3) is 0 Å². The molecular weight excluding hydrogens is 462 g/mol. The molecule has 1 saturated carbocycles. The first-order chi connectivity index (χ1) is 16.7. The van der Waals surface area contributed by atoms with Crippen LogP contribution in [0.2, 0.25) is 0 Å². The topological polar surface area (TPSA) is 86.8 Å². The van der Waals surface area contributed by atoms with Crippen molar-refractivity contribution < 1.29 is 18.0 Å². The highest BCUT2D eigenvalue weighted by molar-refractivity contribution is 7.92. The minimum atomic E-state index is -3.74. The van der Waals surface area contributed by atoms with Crippen molar-refractivity contribution in [3.8, 4) is 0 Å². The molecule has 190 valence electrons. The Morgan fingerprint density at radius 2 is 1.63 bits per heavy atom. The lowest BCUT2D eigenvalue weighted by Gasteiger charge is -2.33. The monoisotopic (exact) mass is 499 g/mol. The van der Waals surface area contributed by atoms with Crippen LogP contribution in [-0.2, 0) is 32.6 Å². The highest BCUT2D eigenvalue weighted by Crippen LogP contribution is 2.25. The molecule has 0 heterocycles. The number of carbonyl (C=O) groups excluding carboxylic acids is 2. The Balaban J connectivity index is 1.92. The highest BCUT2D eigenvalue weighted by Gasteiger charge is 2.33. The van der Waals surface area contributed by atoms with Gasteiger partial charge in [-0.25, -0.2) is 8.42 Å². The molecule has 0 bridgehead atoms. The number of para-hydroxylation sites is 1. The SMILES string of the molecule is CCc1ccccc1N(CC(=O)N(Cc1ccccc1)[C@@H](CC)C(=O)NC1CCCC1)S(C)(=O)=O. The Morgan fingerprint density at radius 3 is 2.23 bits per heavy atom. The average molecular weight is 500 g/mol. The van der Waals surface area contributed by atoms with E-state index in [0.717, 1.165) is 47.4 Å². The van der Waals surface area contributed by atoms with Crippen LogP contribution in [0.15, 0.2) is 54.6 Å². The third-order valence-corrected chi connectivity index (χ3v) is 7.73. The van der Waals surface area contributed by atoms with Gasteiger partial charge in [-0.1, -0.05) is 75.2 Å². The van der Waals surface area contributed by atoms with Gasteiger partial charge in [0.2, 0.25) is 21.8 Å². The summed E-state index contributed by atoms with van der Waals surface area (Å²) in [4.78, 5) is 28.6. The normalized spacial score (nSPS) is 14.9. The zero-order valence-electron chi connectivity index (χ0n) is 20.9. The molecule has 0 saturated heterocycles. The van der Waals surface area contributed by atoms with Gasteiger partial charge in [0.25, 0.3) is 0 Å². The van der Waals surface area contributed by atoms with E-state index in [1.807, 2.05) is 56.3 Å². The van der Waals surface area contributed by atoms with Gasteiger partial charge in [-0.05, 0) is 42.9 Å². The zero-order valence-corrected chi connectivity index (χ0v) is 21.8. The number of hydrogen-bond donors (Lipinski definition) is 1. The number of nitrogens with zero attached hydrogens (tertiary/aromatic N) is 2. The lowest BCUT2D eigenvalue weighted by molar-refractivity contribution is -0.140. The average Bonchev–Trinajstić information content (AvgIpc) is 3.35. The van der Waals surface area contributed by atoms with Crippen molar-refractivity contribution in [3.05, 3.63) is 65.7 Å².